The molecule has 2 atom stereocenters. The van der Waals surface area contributed by atoms with Gasteiger partial charge in [0.1, 0.15) is 12.4 Å². The molecule has 140 valence electrons. The summed E-state index contributed by atoms with van der Waals surface area (Å²) in [6, 6.07) is 10.8. The molecule has 6 nitrogen and oxygen atoms in total. The van der Waals surface area contributed by atoms with E-state index in [9.17, 15) is 14.7 Å². The van der Waals surface area contributed by atoms with Gasteiger partial charge in [0, 0.05) is 31.0 Å². The highest BCUT2D eigenvalue weighted by molar-refractivity contribution is 5.95. The molecule has 1 saturated carbocycles. The van der Waals surface area contributed by atoms with Crippen LogP contribution in [0.2, 0.25) is 0 Å². The third kappa shape index (κ3) is 3.27. The van der Waals surface area contributed by atoms with Crippen molar-refractivity contribution in [3.63, 3.8) is 0 Å². The molecule has 1 aromatic carbocycles. The number of carbonyl (C=O) groups is 2. The summed E-state index contributed by atoms with van der Waals surface area (Å²) < 4.78 is 5.73. The molecule has 1 aliphatic heterocycles. The molecule has 1 saturated heterocycles. The number of ether oxygens (including phenoxy) is 1. The molecule has 6 heteroatoms. The highest BCUT2D eigenvalue weighted by Gasteiger charge is 2.55. The summed E-state index contributed by atoms with van der Waals surface area (Å²) in [5.41, 5.74) is 0.836. The lowest BCUT2D eigenvalue weighted by molar-refractivity contribution is -0.149. The second-order valence-electron chi connectivity index (χ2n) is 7.40. The van der Waals surface area contributed by atoms with Crippen LogP contribution in [0.5, 0.6) is 5.75 Å². The van der Waals surface area contributed by atoms with E-state index in [2.05, 4.69) is 4.98 Å². The average molecular weight is 366 g/mol. The van der Waals surface area contributed by atoms with Gasteiger partial charge in [0.05, 0.1) is 5.41 Å². The minimum absolute atomic E-state index is 0.0712. The Hall–Kier alpha value is -2.89. The van der Waals surface area contributed by atoms with E-state index < -0.39 is 11.4 Å². The van der Waals surface area contributed by atoms with Crippen LogP contribution in [-0.4, -0.2) is 40.0 Å². The zero-order valence-corrected chi connectivity index (χ0v) is 15.0. The predicted octanol–water partition coefficient (Wildman–Crippen LogP) is 2.99. The number of nitrogens with zero attached hydrogens (tertiary/aromatic N) is 2. The molecule has 0 radical (unpaired) electrons. The number of aromatic nitrogens is 1. The first-order chi connectivity index (χ1) is 13.1. The van der Waals surface area contributed by atoms with Crippen molar-refractivity contribution in [3.05, 3.63) is 59.9 Å². The summed E-state index contributed by atoms with van der Waals surface area (Å²) in [7, 11) is 0. The summed E-state index contributed by atoms with van der Waals surface area (Å²) in [6.07, 6.45) is 5.92. The van der Waals surface area contributed by atoms with Gasteiger partial charge >= 0.3 is 5.97 Å². The molecule has 1 N–H and O–H groups in total. The Morgan fingerprint density at radius 1 is 1.19 bits per heavy atom. The van der Waals surface area contributed by atoms with Gasteiger partial charge in [0.15, 0.2) is 0 Å². The molecule has 27 heavy (non-hydrogen) atoms. The quantitative estimate of drug-likeness (QED) is 0.880. The number of hydrogen-bond acceptors (Lipinski definition) is 4. The molecule has 2 fully saturated rings. The first-order valence-electron chi connectivity index (χ1n) is 9.23. The van der Waals surface area contributed by atoms with Crippen LogP contribution in [0.15, 0.2) is 48.8 Å². The van der Waals surface area contributed by atoms with Crippen LogP contribution in [0.1, 0.15) is 35.2 Å². The third-order valence-electron chi connectivity index (χ3n) is 5.84. The number of aliphatic carboxylic acids is 1. The number of carboxylic acid groups (broad SMARTS) is 1. The number of rotatable bonds is 5. The Morgan fingerprint density at radius 2 is 1.93 bits per heavy atom. The van der Waals surface area contributed by atoms with E-state index in [1.54, 1.807) is 41.6 Å². The van der Waals surface area contributed by atoms with Crippen molar-refractivity contribution in [3.8, 4) is 5.75 Å². The third-order valence-corrected chi connectivity index (χ3v) is 5.84. The molecule has 0 unspecified atom stereocenters. The van der Waals surface area contributed by atoms with Gasteiger partial charge in [-0.2, -0.15) is 0 Å². The maximum atomic E-state index is 12.8. The van der Waals surface area contributed by atoms with Crippen LogP contribution in [0, 0.1) is 11.3 Å². The second-order valence-corrected chi connectivity index (χ2v) is 7.40. The van der Waals surface area contributed by atoms with Crippen molar-refractivity contribution in [1.29, 1.82) is 0 Å². The Labute approximate surface area is 157 Å². The van der Waals surface area contributed by atoms with E-state index in [0.29, 0.717) is 37.4 Å². The van der Waals surface area contributed by atoms with Gasteiger partial charge in [-0.15, -0.1) is 0 Å². The molecule has 2 aliphatic rings. The van der Waals surface area contributed by atoms with E-state index >= 15 is 0 Å². The van der Waals surface area contributed by atoms with Crippen molar-refractivity contribution in [1.82, 2.24) is 9.88 Å². The van der Waals surface area contributed by atoms with Crippen molar-refractivity contribution < 1.29 is 19.4 Å². The summed E-state index contributed by atoms with van der Waals surface area (Å²) in [5.74, 6) is -0.114. The highest BCUT2D eigenvalue weighted by atomic mass is 16.5. The lowest BCUT2D eigenvalue weighted by Gasteiger charge is -2.23. The monoisotopic (exact) mass is 366 g/mol. The van der Waals surface area contributed by atoms with Crippen LogP contribution >= 0.6 is 0 Å². The fourth-order valence-electron chi connectivity index (χ4n) is 4.32. The van der Waals surface area contributed by atoms with Gasteiger partial charge < -0.3 is 14.7 Å². The summed E-state index contributed by atoms with van der Waals surface area (Å²) in [4.78, 5) is 30.3. The molecular formula is C21H22N2O4. The average Bonchev–Trinajstić information content (AvgIpc) is 3.26. The summed E-state index contributed by atoms with van der Waals surface area (Å²) in [6.45, 7) is 1.28. The van der Waals surface area contributed by atoms with Crippen LogP contribution in [-0.2, 0) is 11.4 Å². The number of carbonyl (C=O) groups excluding carboxylic acids is 1. The fraction of sp³-hybridized carbons (Fsp3) is 0.381. The fourth-order valence-corrected chi connectivity index (χ4v) is 4.32. The zero-order valence-electron chi connectivity index (χ0n) is 15.0. The minimum atomic E-state index is -0.764. The van der Waals surface area contributed by atoms with Crippen LogP contribution < -0.4 is 4.74 Å². The predicted molar refractivity (Wildman–Crippen MR) is 98.3 cm³/mol. The molecule has 1 aliphatic carbocycles. The Kier molecular flexibility index (Phi) is 4.56. The normalized spacial score (nSPS) is 23.9. The number of pyridine rings is 1. The van der Waals surface area contributed by atoms with E-state index in [1.807, 2.05) is 12.1 Å². The van der Waals surface area contributed by atoms with E-state index in [1.165, 1.54) is 0 Å². The van der Waals surface area contributed by atoms with Crippen LogP contribution in [0.3, 0.4) is 0 Å². The van der Waals surface area contributed by atoms with Gasteiger partial charge in [-0.25, -0.2) is 0 Å². The minimum Gasteiger partial charge on any atom is -0.489 e. The number of fused-ring (bicyclic) bond motifs is 1. The highest BCUT2D eigenvalue weighted by Crippen LogP contribution is 2.49. The van der Waals surface area contributed by atoms with E-state index in [-0.39, 0.29) is 11.8 Å². The van der Waals surface area contributed by atoms with Gasteiger partial charge in [0.25, 0.3) is 5.91 Å². The number of amides is 1. The molecule has 2 heterocycles. The van der Waals surface area contributed by atoms with Crippen molar-refractivity contribution >= 4 is 11.9 Å². The molecule has 4 rings (SSSR count). The zero-order chi connectivity index (χ0) is 18.9. The van der Waals surface area contributed by atoms with E-state index in [4.69, 9.17) is 4.74 Å². The molecule has 1 aromatic heterocycles. The molecule has 0 bridgehead atoms. The first-order valence-corrected chi connectivity index (χ1v) is 9.23. The lowest BCUT2D eigenvalue weighted by atomic mass is 9.81. The largest absolute Gasteiger partial charge is 0.489 e. The maximum absolute atomic E-state index is 12.8. The lowest BCUT2D eigenvalue weighted by Crippen LogP contribution is -2.37. The molecule has 1 amide bonds. The maximum Gasteiger partial charge on any atom is 0.311 e. The standard InChI is InChI=1S/C21H22N2O4/c24-19(23-12-17-2-1-9-21(17,14-23)20(25)26)16-3-5-18(6-4-16)27-13-15-7-10-22-11-8-15/h3-8,10-11,17H,1-2,9,12-14H2,(H,25,26)/t17-,21+/m0/s1. The van der Waals surface area contributed by atoms with Crippen molar-refractivity contribution in [2.75, 3.05) is 13.1 Å². The van der Waals surface area contributed by atoms with Gasteiger partial charge in [-0.1, -0.05) is 6.42 Å². The van der Waals surface area contributed by atoms with Crippen molar-refractivity contribution in [2.45, 2.75) is 25.9 Å². The topological polar surface area (TPSA) is 79.7 Å². The van der Waals surface area contributed by atoms with Gasteiger partial charge in [-0.05, 0) is 60.7 Å². The molecule has 2 aromatic rings. The Balaban J connectivity index is 1.40. The SMILES string of the molecule is O=C(c1ccc(OCc2ccncc2)cc1)N1C[C@@H]2CCC[C@@]2(C(=O)O)C1. The molecular weight excluding hydrogens is 344 g/mol. The van der Waals surface area contributed by atoms with Crippen LogP contribution in [0.25, 0.3) is 0 Å². The van der Waals surface area contributed by atoms with E-state index in [0.717, 1.165) is 18.4 Å². The Morgan fingerprint density at radius 3 is 2.59 bits per heavy atom. The summed E-state index contributed by atoms with van der Waals surface area (Å²) in [5, 5.41) is 9.68. The number of likely N-dealkylation sites (tertiary alicyclic amines) is 1. The molecule has 0 spiro atoms. The van der Waals surface area contributed by atoms with Gasteiger partial charge in [0.2, 0.25) is 0 Å². The summed E-state index contributed by atoms with van der Waals surface area (Å²) >= 11 is 0. The number of hydrogen-bond donors (Lipinski definition) is 1. The Bertz CT molecular complexity index is 837. The van der Waals surface area contributed by atoms with Crippen molar-refractivity contribution in [2.24, 2.45) is 11.3 Å². The number of benzene rings is 1. The van der Waals surface area contributed by atoms with Gasteiger partial charge in [-0.3, -0.25) is 14.6 Å². The number of carboxylic acids is 1. The van der Waals surface area contributed by atoms with Crippen LogP contribution in [0.4, 0.5) is 0 Å². The second kappa shape index (κ2) is 7.02. The first kappa shape index (κ1) is 17.5. The smallest absolute Gasteiger partial charge is 0.311 e.